The molecule has 0 bridgehead atoms. The first-order chi connectivity index (χ1) is 9.58. The van der Waals surface area contributed by atoms with Gasteiger partial charge in [0.05, 0.1) is 15.6 Å². The van der Waals surface area contributed by atoms with Crippen LogP contribution in [0.1, 0.15) is 5.56 Å². The van der Waals surface area contributed by atoms with Gasteiger partial charge in [-0.3, -0.25) is 10.1 Å². The van der Waals surface area contributed by atoms with Gasteiger partial charge in [0.25, 0.3) is 5.69 Å². The Bertz CT molecular complexity index is 634. The number of nitro groups is 1. The Kier molecular flexibility index (Phi) is 5.19. The molecule has 0 atom stereocenters. The maximum absolute atomic E-state index is 10.9. The fourth-order valence-corrected chi connectivity index (χ4v) is 2.79. The lowest BCUT2D eigenvalue weighted by molar-refractivity contribution is -0.385. The molecule has 4 nitrogen and oxygen atoms in total. The van der Waals surface area contributed by atoms with Crippen molar-refractivity contribution in [2.45, 2.75) is 6.42 Å². The van der Waals surface area contributed by atoms with Crippen LogP contribution in [-0.2, 0) is 6.42 Å². The minimum atomic E-state index is -0.354. The van der Waals surface area contributed by atoms with Crippen LogP contribution in [0, 0.1) is 13.7 Å². The van der Waals surface area contributed by atoms with Crippen LogP contribution in [-0.4, -0.2) is 11.5 Å². The van der Waals surface area contributed by atoms with E-state index in [0.717, 1.165) is 9.26 Å². The number of halogens is 2. The molecule has 0 saturated heterocycles. The summed E-state index contributed by atoms with van der Waals surface area (Å²) >= 11 is 8.31. The highest BCUT2D eigenvalue weighted by Gasteiger charge is 2.11. The number of nitrogens with zero attached hydrogens (tertiary/aromatic N) is 1. The second kappa shape index (κ2) is 6.90. The second-order valence-corrected chi connectivity index (χ2v) is 5.84. The molecule has 0 amide bonds. The highest BCUT2D eigenvalue weighted by molar-refractivity contribution is 14.1. The van der Waals surface area contributed by atoms with Gasteiger partial charge in [-0.25, -0.2) is 0 Å². The molecule has 2 rings (SSSR count). The van der Waals surface area contributed by atoms with Gasteiger partial charge in [-0.15, -0.1) is 0 Å². The summed E-state index contributed by atoms with van der Waals surface area (Å²) in [7, 11) is 0. The minimum absolute atomic E-state index is 0.156. The van der Waals surface area contributed by atoms with Gasteiger partial charge in [0.2, 0.25) is 0 Å². The number of nitrogens with one attached hydrogen (secondary N) is 1. The molecule has 1 N–H and O–H groups in total. The Hall–Kier alpha value is -1.34. The molecule has 0 unspecified atom stereocenters. The van der Waals surface area contributed by atoms with Crippen molar-refractivity contribution in [3.63, 3.8) is 0 Å². The van der Waals surface area contributed by atoms with Gasteiger partial charge in [0, 0.05) is 21.7 Å². The molecule has 0 saturated carbocycles. The van der Waals surface area contributed by atoms with Crippen molar-refractivity contribution in [1.29, 1.82) is 0 Å². The van der Waals surface area contributed by atoms with Crippen LogP contribution in [0.5, 0.6) is 0 Å². The number of rotatable bonds is 5. The molecule has 2 aromatic rings. The third-order valence-electron chi connectivity index (χ3n) is 2.83. The van der Waals surface area contributed by atoms with Crippen LogP contribution in [0.3, 0.4) is 0 Å². The Balaban J connectivity index is 2.01. The van der Waals surface area contributed by atoms with Crippen molar-refractivity contribution >= 4 is 45.6 Å². The minimum Gasteiger partial charge on any atom is -0.384 e. The van der Waals surface area contributed by atoms with Gasteiger partial charge >= 0.3 is 0 Å². The summed E-state index contributed by atoms with van der Waals surface area (Å²) < 4.78 is 1.07. The molecule has 0 radical (unpaired) electrons. The monoisotopic (exact) mass is 402 g/mol. The van der Waals surface area contributed by atoms with Crippen molar-refractivity contribution in [1.82, 2.24) is 0 Å². The molecule has 20 heavy (non-hydrogen) atoms. The number of benzene rings is 2. The van der Waals surface area contributed by atoms with E-state index in [2.05, 4.69) is 27.9 Å². The lowest BCUT2D eigenvalue weighted by Gasteiger charge is -2.09. The summed E-state index contributed by atoms with van der Waals surface area (Å²) in [5.41, 5.74) is 1.71. The van der Waals surface area contributed by atoms with Crippen molar-refractivity contribution in [3.8, 4) is 0 Å². The second-order valence-electron chi connectivity index (χ2n) is 4.19. The van der Waals surface area contributed by atoms with Gasteiger partial charge < -0.3 is 5.32 Å². The van der Waals surface area contributed by atoms with Crippen LogP contribution in [0.15, 0.2) is 42.5 Å². The Morgan fingerprint density at radius 2 is 2.00 bits per heavy atom. The van der Waals surface area contributed by atoms with Crippen molar-refractivity contribution in [3.05, 3.63) is 66.7 Å². The third kappa shape index (κ3) is 3.83. The Labute approximate surface area is 135 Å². The molecule has 104 valence electrons. The molecule has 0 fully saturated rings. The quantitative estimate of drug-likeness (QED) is 0.455. The van der Waals surface area contributed by atoms with Gasteiger partial charge in [-0.2, -0.15) is 0 Å². The van der Waals surface area contributed by atoms with E-state index in [1.54, 1.807) is 18.2 Å². The summed E-state index contributed by atoms with van der Waals surface area (Å²) in [6.45, 7) is 0.588. The largest absolute Gasteiger partial charge is 0.384 e. The van der Waals surface area contributed by atoms with Crippen LogP contribution >= 0.6 is 34.2 Å². The van der Waals surface area contributed by atoms with E-state index in [0.29, 0.717) is 23.6 Å². The lowest BCUT2D eigenvalue weighted by Crippen LogP contribution is -2.07. The lowest BCUT2D eigenvalue weighted by atomic mass is 10.1. The first kappa shape index (κ1) is 15.1. The average Bonchev–Trinajstić information content (AvgIpc) is 2.41. The highest BCUT2D eigenvalue weighted by atomic mass is 127. The zero-order valence-corrected chi connectivity index (χ0v) is 13.4. The first-order valence-corrected chi connectivity index (χ1v) is 7.45. The number of nitro benzene ring substituents is 1. The van der Waals surface area contributed by atoms with E-state index in [4.69, 9.17) is 11.6 Å². The average molecular weight is 403 g/mol. The van der Waals surface area contributed by atoms with E-state index < -0.39 is 0 Å². The van der Waals surface area contributed by atoms with E-state index in [-0.39, 0.29) is 10.6 Å². The first-order valence-electron chi connectivity index (χ1n) is 5.99. The van der Waals surface area contributed by atoms with Crippen LogP contribution in [0.2, 0.25) is 5.02 Å². The van der Waals surface area contributed by atoms with Crippen LogP contribution < -0.4 is 5.32 Å². The molecule has 0 heterocycles. The molecule has 0 aliphatic heterocycles. The Morgan fingerprint density at radius 1 is 1.25 bits per heavy atom. The highest BCUT2D eigenvalue weighted by Crippen LogP contribution is 2.24. The predicted octanol–water partition coefficient (Wildman–Crippen LogP) is 4.51. The van der Waals surface area contributed by atoms with Crippen molar-refractivity contribution in [2.75, 3.05) is 11.9 Å². The van der Waals surface area contributed by atoms with Crippen molar-refractivity contribution < 1.29 is 4.92 Å². The molecule has 2 aromatic carbocycles. The third-order valence-corrected chi connectivity index (χ3v) is 3.81. The van der Waals surface area contributed by atoms with Gasteiger partial charge in [0.1, 0.15) is 0 Å². The van der Waals surface area contributed by atoms with Crippen molar-refractivity contribution in [2.24, 2.45) is 0 Å². The smallest absolute Gasteiger partial charge is 0.272 e. The summed E-state index contributed by atoms with van der Waals surface area (Å²) in [6, 6.07) is 12.5. The number of hydrogen-bond acceptors (Lipinski definition) is 3. The Morgan fingerprint density at radius 3 is 2.70 bits per heavy atom. The van der Waals surface area contributed by atoms with E-state index in [9.17, 15) is 10.1 Å². The summed E-state index contributed by atoms with van der Waals surface area (Å²) in [5.74, 6) is 0. The summed E-state index contributed by atoms with van der Waals surface area (Å²) in [6.07, 6.45) is 0.569. The molecular formula is C14H12ClIN2O2. The summed E-state index contributed by atoms with van der Waals surface area (Å²) in [5, 5.41) is 14.8. The summed E-state index contributed by atoms with van der Waals surface area (Å²) in [4.78, 5) is 10.6. The van der Waals surface area contributed by atoms with Gasteiger partial charge in [-0.1, -0.05) is 29.8 Å². The zero-order chi connectivity index (χ0) is 14.5. The normalized spacial score (nSPS) is 10.3. The van der Waals surface area contributed by atoms with Gasteiger partial charge in [-0.05, 0) is 47.2 Å². The molecule has 0 aliphatic carbocycles. The molecule has 0 aromatic heterocycles. The van der Waals surface area contributed by atoms with Crippen LogP contribution in [0.25, 0.3) is 0 Å². The number of anilines is 1. The molecule has 0 spiro atoms. The number of hydrogen-bond donors (Lipinski definition) is 1. The van der Waals surface area contributed by atoms with Crippen LogP contribution in [0.4, 0.5) is 11.4 Å². The number of para-hydroxylation sites is 1. The molecule has 0 aliphatic rings. The van der Waals surface area contributed by atoms with E-state index in [1.807, 2.05) is 18.2 Å². The fraction of sp³-hybridized carbons (Fsp3) is 0.143. The zero-order valence-electron chi connectivity index (χ0n) is 10.5. The van der Waals surface area contributed by atoms with E-state index >= 15 is 0 Å². The SMILES string of the molecule is O=[N+]([O-])c1ccccc1CCNc1ccc(I)cc1Cl. The maximum atomic E-state index is 10.9. The topological polar surface area (TPSA) is 55.2 Å². The standard InChI is InChI=1S/C14H12ClIN2O2/c15-12-9-11(16)5-6-13(12)17-8-7-10-3-1-2-4-14(10)18(19)20/h1-6,9,17H,7-8H2. The van der Waals surface area contributed by atoms with Gasteiger partial charge in [0.15, 0.2) is 0 Å². The predicted molar refractivity (Wildman–Crippen MR) is 89.5 cm³/mol. The maximum Gasteiger partial charge on any atom is 0.272 e. The fourth-order valence-electron chi connectivity index (χ4n) is 1.87. The molecule has 6 heteroatoms. The van der Waals surface area contributed by atoms with E-state index in [1.165, 1.54) is 6.07 Å². The molecular weight excluding hydrogens is 391 g/mol.